The van der Waals surface area contributed by atoms with Crippen LogP contribution in [0.25, 0.3) is 17.1 Å². The van der Waals surface area contributed by atoms with Crippen molar-refractivity contribution in [1.82, 2.24) is 30.1 Å². The van der Waals surface area contributed by atoms with Crippen molar-refractivity contribution in [2.75, 3.05) is 13.1 Å². The Morgan fingerprint density at radius 1 is 1.10 bits per heavy atom. The molecule has 4 aromatic rings. The molecule has 0 atom stereocenters. The number of aryl methyl sites for hydroxylation is 3. The van der Waals surface area contributed by atoms with Crippen LogP contribution in [0.4, 0.5) is 0 Å². The fourth-order valence-corrected chi connectivity index (χ4v) is 4.43. The molecular formula is C24H28N6O. The van der Waals surface area contributed by atoms with E-state index < -0.39 is 0 Å². The van der Waals surface area contributed by atoms with E-state index >= 15 is 0 Å². The van der Waals surface area contributed by atoms with Crippen LogP contribution in [0.3, 0.4) is 0 Å². The minimum absolute atomic E-state index is 0.365. The summed E-state index contributed by atoms with van der Waals surface area (Å²) < 4.78 is 7.97. The van der Waals surface area contributed by atoms with E-state index in [0.29, 0.717) is 11.8 Å². The highest BCUT2D eigenvalue weighted by Gasteiger charge is 2.21. The van der Waals surface area contributed by atoms with Gasteiger partial charge in [0.1, 0.15) is 0 Å². The van der Waals surface area contributed by atoms with E-state index in [4.69, 9.17) is 14.5 Å². The van der Waals surface area contributed by atoms with Gasteiger partial charge in [0.05, 0.1) is 5.69 Å². The highest BCUT2D eigenvalue weighted by molar-refractivity contribution is 5.56. The van der Waals surface area contributed by atoms with Crippen LogP contribution in [0.1, 0.15) is 59.8 Å². The molecule has 4 heterocycles. The second-order valence-electron chi connectivity index (χ2n) is 8.40. The van der Waals surface area contributed by atoms with E-state index in [1.54, 1.807) is 0 Å². The predicted octanol–water partition coefficient (Wildman–Crippen LogP) is 4.02. The molecule has 1 fully saturated rings. The summed E-state index contributed by atoms with van der Waals surface area (Å²) in [5.74, 6) is 1.72. The summed E-state index contributed by atoms with van der Waals surface area (Å²) in [6, 6.07) is 10.5. The Morgan fingerprint density at radius 2 is 1.87 bits per heavy atom. The number of hydrogen-bond donors (Lipinski definition) is 1. The Kier molecular flexibility index (Phi) is 5.28. The number of benzene rings is 1. The van der Waals surface area contributed by atoms with Crippen molar-refractivity contribution in [1.29, 1.82) is 0 Å². The van der Waals surface area contributed by atoms with Crippen molar-refractivity contribution in [3.05, 3.63) is 64.4 Å². The molecule has 160 valence electrons. The monoisotopic (exact) mass is 416 g/mol. The SMILES string of the molecule is CCc1nn2c(C)cc(C)nc2c1Cc1ccc(-c2nnc(C3CCNCC3)o2)cc1. The van der Waals surface area contributed by atoms with Crippen molar-refractivity contribution in [2.45, 2.75) is 52.4 Å². The van der Waals surface area contributed by atoms with Gasteiger partial charge < -0.3 is 9.73 Å². The van der Waals surface area contributed by atoms with Crippen LogP contribution < -0.4 is 5.32 Å². The predicted molar refractivity (Wildman–Crippen MR) is 119 cm³/mol. The topological polar surface area (TPSA) is 81.1 Å². The Morgan fingerprint density at radius 3 is 2.61 bits per heavy atom. The summed E-state index contributed by atoms with van der Waals surface area (Å²) in [7, 11) is 0. The Balaban J connectivity index is 1.39. The van der Waals surface area contributed by atoms with Gasteiger partial charge in [-0.2, -0.15) is 5.10 Å². The summed E-state index contributed by atoms with van der Waals surface area (Å²) in [5, 5.41) is 16.8. The molecule has 7 heteroatoms. The first-order valence-electron chi connectivity index (χ1n) is 11.1. The average Bonchev–Trinajstić information content (AvgIpc) is 3.41. The van der Waals surface area contributed by atoms with Gasteiger partial charge in [0, 0.05) is 34.9 Å². The third-order valence-corrected chi connectivity index (χ3v) is 6.12. The second kappa shape index (κ2) is 8.23. The lowest BCUT2D eigenvalue weighted by Gasteiger charge is -2.18. The molecule has 0 spiro atoms. The van der Waals surface area contributed by atoms with Crippen LogP contribution in [0.5, 0.6) is 0 Å². The molecule has 0 aliphatic carbocycles. The largest absolute Gasteiger partial charge is 0.420 e. The number of fused-ring (bicyclic) bond motifs is 1. The maximum atomic E-state index is 6.00. The molecule has 7 nitrogen and oxygen atoms in total. The zero-order chi connectivity index (χ0) is 21.4. The van der Waals surface area contributed by atoms with Crippen LogP contribution in [0.2, 0.25) is 0 Å². The zero-order valence-electron chi connectivity index (χ0n) is 18.4. The number of nitrogens with one attached hydrogen (secondary N) is 1. The number of rotatable bonds is 5. The summed E-state index contributed by atoms with van der Waals surface area (Å²) in [6.07, 6.45) is 3.78. The lowest BCUT2D eigenvalue weighted by atomic mass is 9.98. The number of hydrogen-bond acceptors (Lipinski definition) is 6. The number of piperidine rings is 1. The third kappa shape index (κ3) is 3.85. The zero-order valence-corrected chi connectivity index (χ0v) is 18.4. The van der Waals surface area contributed by atoms with Gasteiger partial charge in [-0.25, -0.2) is 9.50 Å². The van der Waals surface area contributed by atoms with E-state index in [0.717, 1.165) is 73.0 Å². The van der Waals surface area contributed by atoms with Crippen LogP contribution >= 0.6 is 0 Å². The lowest BCUT2D eigenvalue weighted by molar-refractivity contribution is 0.378. The fraction of sp³-hybridized carbons (Fsp3) is 0.417. The van der Waals surface area contributed by atoms with Gasteiger partial charge in [-0.1, -0.05) is 19.1 Å². The summed E-state index contributed by atoms with van der Waals surface area (Å²) in [4.78, 5) is 4.78. The molecular weight excluding hydrogens is 388 g/mol. The number of aromatic nitrogens is 5. The molecule has 0 unspecified atom stereocenters. The summed E-state index contributed by atoms with van der Waals surface area (Å²) >= 11 is 0. The van der Waals surface area contributed by atoms with Crippen molar-refractivity contribution >= 4 is 5.65 Å². The normalized spacial score (nSPS) is 15.1. The molecule has 0 bridgehead atoms. The summed E-state index contributed by atoms with van der Waals surface area (Å²) in [5.41, 5.74) is 7.57. The maximum absolute atomic E-state index is 6.00. The first kappa shape index (κ1) is 19.9. The molecule has 1 N–H and O–H groups in total. The van der Waals surface area contributed by atoms with Gasteiger partial charge in [-0.3, -0.25) is 0 Å². The molecule has 31 heavy (non-hydrogen) atoms. The standard InChI is InChI=1S/C24H28N6O/c1-4-21-20(22-26-15(2)13-16(3)30(22)29-21)14-17-5-7-18(8-6-17)23-27-28-24(31-23)19-9-11-25-12-10-19/h5-8,13,19,25H,4,9-12,14H2,1-3H3. The maximum Gasteiger partial charge on any atom is 0.247 e. The van der Waals surface area contributed by atoms with E-state index in [2.05, 4.69) is 59.7 Å². The van der Waals surface area contributed by atoms with E-state index in [1.165, 1.54) is 11.1 Å². The lowest BCUT2D eigenvalue weighted by Crippen LogP contribution is -2.26. The highest BCUT2D eigenvalue weighted by Crippen LogP contribution is 2.28. The molecule has 3 aromatic heterocycles. The molecule has 1 aromatic carbocycles. The summed E-state index contributed by atoms with van der Waals surface area (Å²) in [6.45, 7) is 8.27. The van der Waals surface area contributed by atoms with Gasteiger partial charge in [0.15, 0.2) is 5.65 Å². The first-order valence-corrected chi connectivity index (χ1v) is 11.1. The van der Waals surface area contributed by atoms with Crippen LogP contribution in [0, 0.1) is 13.8 Å². The van der Waals surface area contributed by atoms with Crippen LogP contribution in [-0.2, 0) is 12.8 Å². The molecule has 1 aliphatic heterocycles. The van der Waals surface area contributed by atoms with E-state index in [9.17, 15) is 0 Å². The molecule has 1 saturated heterocycles. The molecule has 1 aliphatic rings. The smallest absolute Gasteiger partial charge is 0.247 e. The van der Waals surface area contributed by atoms with Gasteiger partial charge in [-0.15, -0.1) is 10.2 Å². The Bertz CT molecular complexity index is 1200. The van der Waals surface area contributed by atoms with Crippen molar-refractivity contribution in [3.8, 4) is 11.5 Å². The van der Waals surface area contributed by atoms with Gasteiger partial charge >= 0.3 is 0 Å². The van der Waals surface area contributed by atoms with Crippen LogP contribution in [0.15, 0.2) is 34.7 Å². The Hall–Kier alpha value is -3.06. The van der Waals surface area contributed by atoms with Gasteiger partial charge in [0.2, 0.25) is 11.8 Å². The highest BCUT2D eigenvalue weighted by atomic mass is 16.4. The fourth-order valence-electron chi connectivity index (χ4n) is 4.43. The van der Waals surface area contributed by atoms with Crippen molar-refractivity contribution in [3.63, 3.8) is 0 Å². The van der Waals surface area contributed by atoms with Crippen LogP contribution in [-0.4, -0.2) is 37.9 Å². The minimum atomic E-state index is 0.365. The minimum Gasteiger partial charge on any atom is -0.420 e. The number of nitrogens with zero attached hydrogens (tertiary/aromatic N) is 5. The quantitative estimate of drug-likeness (QED) is 0.529. The van der Waals surface area contributed by atoms with Crippen molar-refractivity contribution in [2.24, 2.45) is 0 Å². The third-order valence-electron chi connectivity index (χ3n) is 6.12. The average molecular weight is 417 g/mol. The molecule has 0 radical (unpaired) electrons. The van der Waals surface area contributed by atoms with Gasteiger partial charge in [0.25, 0.3) is 0 Å². The van der Waals surface area contributed by atoms with E-state index in [1.807, 2.05) is 11.4 Å². The Labute approximate surface area is 181 Å². The molecule has 0 amide bonds. The second-order valence-corrected chi connectivity index (χ2v) is 8.40. The van der Waals surface area contributed by atoms with E-state index in [-0.39, 0.29) is 0 Å². The van der Waals surface area contributed by atoms with Gasteiger partial charge in [-0.05, 0) is 70.0 Å². The molecule has 5 rings (SSSR count). The van der Waals surface area contributed by atoms with Crippen molar-refractivity contribution < 1.29 is 4.42 Å². The molecule has 0 saturated carbocycles. The first-order chi connectivity index (χ1) is 15.1.